The summed E-state index contributed by atoms with van der Waals surface area (Å²) in [6.45, 7) is 1.85. The molecule has 0 atom stereocenters. The molecule has 0 fully saturated rings. The first-order chi connectivity index (χ1) is 14.0. The van der Waals surface area contributed by atoms with Gasteiger partial charge in [-0.1, -0.05) is 38.7 Å². The van der Waals surface area contributed by atoms with Gasteiger partial charge in [-0.3, -0.25) is 0 Å². The number of hydrogen-bond acceptors (Lipinski definition) is 1. The van der Waals surface area contributed by atoms with Crippen molar-refractivity contribution in [3.8, 4) is 5.75 Å². The molecule has 5 heteroatoms. The lowest BCUT2D eigenvalue weighted by molar-refractivity contribution is 0.293. The van der Waals surface area contributed by atoms with Crippen molar-refractivity contribution in [3.63, 3.8) is 0 Å². The highest BCUT2D eigenvalue weighted by atomic mass is 19.2. The largest absolute Gasteiger partial charge is 0.489 e. The van der Waals surface area contributed by atoms with E-state index in [0.717, 1.165) is 37.8 Å². The zero-order valence-electron chi connectivity index (χ0n) is 16.4. The Morgan fingerprint density at radius 3 is 2.03 bits per heavy atom. The zero-order valence-corrected chi connectivity index (χ0v) is 16.4. The van der Waals surface area contributed by atoms with Gasteiger partial charge in [0.1, 0.15) is 24.0 Å². The monoisotopic (exact) mass is 404 g/mol. The van der Waals surface area contributed by atoms with Crippen LogP contribution in [0.15, 0.2) is 42.5 Å². The Balaban J connectivity index is 1.65. The molecule has 0 aliphatic heterocycles. The second kappa shape index (κ2) is 9.77. The molecule has 0 bridgehead atoms. The summed E-state index contributed by atoms with van der Waals surface area (Å²) in [5.41, 5.74) is 0.494. The number of rotatable bonds is 9. The van der Waals surface area contributed by atoms with Gasteiger partial charge in [-0.2, -0.15) is 0 Å². The molecule has 154 valence electrons. The fraction of sp³-hybridized carbons (Fsp3) is 0.333. The topological polar surface area (TPSA) is 9.23 Å². The first kappa shape index (κ1) is 21.2. The second-order valence-corrected chi connectivity index (χ2v) is 7.27. The van der Waals surface area contributed by atoms with Crippen LogP contribution in [0.3, 0.4) is 0 Å². The summed E-state index contributed by atoms with van der Waals surface area (Å²) < 4.78 is 61.0. The molecule has 1 nitrogen and oxygen atoms in total. The first-order valence-electron chi connectivity index (χ1n) is 9.96. The predicted molar refractivity (Wildman–Crippen MR) is 107 cm³/mol. The normalized spacial score (nSPS) is 11.2. The van der Waals surface area contributed by atoms with Crippen molar-refractivity contribution >= 4 is 10.8 Å². The molecule has 3 aromatic rings. The molecular weight excluding hydrogens is 380 g/mol. The number of fused-ring (bicyclic) bond motifs is 1. The van der Waals surface area contributed by atoms with Crippen LogP contribution in [0.25, 0.3) is 10.8 Å². The van der Waals surface area contributed by atoms with E-state index in [9.17, 15) is 17.6 Å². The van der Waals surface area contributed by atoms with Crippen molar-refractivity contribution in [2.45, 2.75) is 52.1 Å². The van der Waals surface area contributed by atoms with Crippen molar-refractivity contribution in [2.24, 2.45) is 0 Å². The quantitative estimate of drug-likeness (QED) is 0.265. The van der Waals surface area contributed by atoms with Gasteiger partial charge in [-0.15, -0.1) is 0 Å². The molecule has 0 aliphatic carbocycles. The van der Waals surface area contributed by atoms with Gasteiger partial charge in [0.2, 0.25) is 0 Å². The molecule has 0 amide bonds. The molecule has 0 N–H and O–H groups in total. The highest BCUT2D eigenvalue weighted by molar-refractivity contribution is 5.84. The Bertz CT molecular complexity index is 961. The molecule has 3 aromatic carbocycles. The standard InChI is InChI=1S/C24H24F4O/c1-2-3-4-5-6-7-16-10-21(25)20(22(26)11-16)15-29-19-9-8-17-13-23(27)24(28)14-18(17)12-19/h8-14H,2-7,15H2,1H3. The Morgan fingerprint density at radius 2 is 1.34 bits per heavy atom. The second-order valence-electron chi connectivity index (χ2n) is 7.27. The molecule has 0 radical (unpaired) electrons. The van der Waals surface area contributed by atoms with Crippen molar-refractivity contribution < 1.29 is 22.3 Å². The van der Waals surface area contributed by atoms with Crippen LogP contribution < -0.4 is 4.74 Å². The van der Waals surface area contributed by atoms with Crippen LogP contribution in [0.2, 0.25) is 0 Å². The van der Waals surface area contributed by atoms with Crippen molar-refractivity contribution in [2.75, 3.05) is 0 Å². The SMILES string of the molecule is CCCCCCCc1cc(F)c(COc2ccc3cc(F)c(F)cc3c2)c(F)c1. The molecule has 0 saturated carbocycles. The van der Waals surface area contributed by atoms with Gasteiger partial charge in [0.05, 0.1) is 5.56 Å². The summed E-state index contributed by atoms with van der Waals surface area (Å²) >= 11 is 0. The summed E-state index contributed by atoms with van der Waals surface area (Å²) in [6.07, 6.45) is 6.06. The maximum absolute atomic E-state index is 14.4. The minimum absolute atomic E-state index is 0.148. The van der Waals surface area contributed by atoms with E-state index in [1.807, 2.05) is 0 Å². The van der Waals surface area contributed by atoms with Crippen molar-refractivity contribution in [3.05, 3.63) is 76.9 Å². The van der Waals surface area contributed by atoms with Crippen LogP contribution in [0.1, 0.15) is 50.2 Å². The lowest BCUT2D eigenvalue weighted by Gasteiger charge is -2.11. The molecule has 29 heavy (non-hydrogen) atoms. The zero-order chi connectivity index (χ0) is 20.8. The number of ether oxygens (including phenoxy) is 1. The van der Waals surface area contributed by atoms with Gasteiger partial charge < -0.3 is 4.74 Å². The third-order valence-electron chi connectivity index (χ3n) is 5.00. The highest BCUT2D eigenvalue weighted by Gasteiger charge is 2.13. The van der Waals surface area contributed by atoms with E-state index >= 15 is 0 Å². The number of unbranched alkanes of at least 4 members (excludes halogenated alkanes) is 4. The summed E-state index contributed by atoms with van der Waals surface area (Å²) in [7, 11) is 0. The Labute approximate surface area is 168 Å². The Hall–Kier alpha value is -2.56. The van der Waals surface area contributed by atoms with Crippen LogP contribution >= 0.6 is 0 Å². The van der Waals surface area contributed by atoms with Crippen LogP contribution in [0.5, 0.6) is 5.75 Å². The minimum Gasteiger partial charge on any atom is -0.489 e. The molecule has 0 unspecified atom stereocenters. The summed E-state index contributed by atoms with van der Waals surface area (Å²) in [5, 5.41) is 0.956. The van der Waals surface area contributed by atoms with E-state index in [4.69, 9.17) is 4.74 Å². The van der Waals surface area contributed by atoms with Gasteiger partial charge in [0.25, 0.3) is 0 Å². The van der Waals surface area contributed by atoms with E-state index in [1.54, 1.807) is 12.1 Å². The molecule has 0 saturated heterocycles. The van der Waals surface area contributed by atoms with E-state index in [1.165, 1.54) is 24.6 Å². The maximum Gasteiger partial charge on any atom is 0.159 e. The summed E-state index contributed by atoms with van der Waals surface area (Å²) in [4.78, 5) is 0. The van der Waals surface area contributed by atoms with E-state index in [-0.39, 0.29) is 12.2 Å². The van der Waals surface area contributed by atoms with E-state index < -0.39 is 23.3 Å². The van der Waals surface area contributed by atoms with E-state index in [2.05, 4.69) is 6.92 Å². The summed E-state index contributed by atoms with van der Waals surface area (Å²) in [6, 6.07) is 9.52. The first-order valence-corrected chi connectivity index (χ1v) is 9.96. The van der Waals surface area contributed by atoms with Gasteiger partial charge in [0, 0.05) is 0 Å². The fourth-order valence-corrected chi connectivity index (χ4v) is 3.34. The predicted octanol–water partition coefficient (Wildman–Crippen LogP) is 7.49. The maximum atomic E-state index is 14.4. The third-order valence-corrected chi connectivity index (χ3v) is 5.00. The minimum atomic E-state index is -0.961. The lowest BCUT2D eigenvalue weighted by atomic mass is 10.0. The molecule has 0 heterocycles. The van der Waals surface area contributed by atoms with Crippen molar-refractivity contribution in [1.82, 2.24) is 0 Å². The number of benzene rings is 3. The van der Waals surface area contributed by atoms with Crippen LogP contribution in [0.4, 0.5) is 17.6 Å². The number of halogens is 4. The Kier molecular flexibility index (Phi) is 7.13. The van der Waals surface area contributed by atoms with Crippen molar-refractivity contribution in [1.29, 1.82) is 0 Å². The lowest BCUT2D eigenvalue weighted by Crippen LogP contribution is -2.04. The molecule has 0 aromatic heterocycles. The molecule has 0 aliphatic rings. The Morgan fingerprint density at radius 1 is 0.690 bits per heavy atom. The van der Waals surface area contributed by atoms with Gasteiger partial charge >= 0.3 is 0 Å². The van der Waals surface area contributed by atoms with E-state index in [0.29, 0.717) is 28.5 Å². The highest BCUT2D eigenvalue weighted by Crippen LogP contribution is 2.25. The average Bonchev–Trinajstić information content (AvgIpc) is 2.68. The third kappa shape index (κ3) is 5.49. The smallest absolute Gasteiger partial charge is 0.159 e. The van der Waals surface area contributed by atoms with Crippen LogP contribution in [0, 0.1) is 23.3 Å². The fourth-order valence-electron chi connectivity index (χ4n) is 3.34. The summed E-state index contributed by atoms with van der Waals surface area (Å²) in [5.74, 6) is -2.84. The van der Waals surface area contributed by atoms with Crippen LogP contribution in [-0.4, -0.2) is 0 Å². The number of hydrogen-bond donors (Lipinski definition) is 0. The van der Waals surface area contributed by atoms with Gasteiger partial charge in [-0.05, 0) is 65.6 Å². The van der Waals surface area contributed by atoms with Crippen LogP contribution in [-0.2, 0) is 13.0 Å². The average molecular weight is 404 g/mol. The number of aryl methyl sites for hydroxylation is 1. The van der Waals surface area contributed by atoms with Gasteiger partial charge in [-0.25, -0.2) is 17.6 Å². The molecular formula is C24H24F4O. The molecule has 3 rings (SSSR count). The van der Waals surface area contributed by atoms with Gasteiger partial charge in [0.15, 0.2) is 11.6 Å². The molecule has 0 spiro atoms.